The van der Waals surface area contributed by atoms with Crippen LogP contribution in [0, 0.1) is 0 Å². The van der Waals surface area contributed by atoms with Crippen LogP contribution in [0.4, 0.5) is 0 Å². The van der Waals surface area contributed by atoms with Crippen molar-refractivity contribution in [2.45, 2.75) is 19.3 Å². The van der Waals surface area contributed by atoms with Gasteiger partial charge in [0.25, 0.3) is 0 Å². The van der Waals surface area contributed by atoms with Gasteiger partial charge in [-0.2, -0.15) is 0 Å². The largest absolute Gasteiger partial charge is 0.245 e. The monoisotopic (exact) mass is 146 g/mol. The molecule has 0 bridgehead atoms. The van der Waals surface area contributed by atoms with E-state index >= 15 is 0 Å². The van der Waals surface area contributed by atoms with Crippen LogP contribution in [0.25, 0.3) is 0 Å². The van der Waals surface area contributed by atoms with Gasteiger partial charge in [0.15, 0.2) is 0 Å². The second-order valence-corrected chi connectivity index (χ2v) is 2.92. The Bertz CT molecular complexity index is 291. The number of rotatable bonds is 0. The molecule has 1 aliphatic carbocycles. The Kier molecular flexibility index (Phi) is 1.46. The van der Waals surface area contributed by atoms with Gasteiger partial charge in [-0.3, -0.25) is 0 Å². The summed E-state index contributed by atoms with van der Waals surface area (Å²) in [6.07, 6.45) is 6.62. The van der Waals surface area contributed by atoms with E-state index < -0.39 is 0 Å². The van der Waals surface area contributed by atoms with Crippen LogP contribution in [-0.4, -0.2) is 9.97 Å². The molecule has 0 atom stereocenters. The Morgan fingerprint density at radius 2 is 2.27 bits per heavy atom. The van der Waals surface area contributed by atoms with E-state index in [-0.39, 0.29) is 0 Å². The summed E-state index contributed by atoms with van der Waals surface area (Å²) in [4.78, 5) is 8.18. The highest BCUT2D eigenvalue weighted by molar-refractivity contribution is 5.26. The topological polar surface area (TPSA) is 25.8 Å². The van der Waals surface area contributed by atoms with Gasteiger partial charge < -0.3 is 0 Å². The molecule has 1 aliphatic rings. The molecule has 11 heavy (non-hydrogen) atoms. The van der Waals surface area contributed by atoms with Crippen LogP contribution in [-0.2, 0) is 12.8 Å². The van der Waals surface area contributed by atoms with E-state index in [9.17, 15) is 0 Å². The summed E-state index contributed by atoms with van der Waals surface area (Å²) in [5, 5.41) is 0. The fraction of sp³-hybridized carbons (Fsp3) is 0.333. The molecule has 56 valence electrons. The highest BCUT2D eigenvalue weighted by Crippen LogP contribution is 2.20. The molecule has 0 spiro atoms. The lowest BCUT2D eigenvalue weighted by atomic mass is 9.94. The van der Waals surface area contributed by atoms with Gasteiger partial charge in [0, 0.05) is 12.6 Å². The lowest BCUT2D eigenvalue weighted by Crippen LogP contribution is -2.07. The number of nitrogens with zero attached hydrogens (tertiary/aromatic N) is 2. The van der Waals surface area contributed by atoms with Crippen molar-refractivity contribution in [3.8, 4) is 0 Å². The molecule has 0 unspecified atom stereocenters. The van der Waals surface area contributed by atoms with Crippen LogP contribution in [0.2, 0.25) is 0 Å². The summed E-state index contributed by atoms with van der Waals surface area (Å²) >= 11 is 0. The van der Waals surface area contributed by atoms with E-state index in [1.807, 2.05) is 6.20 Å². The highest BCUT2D eigenvalue weighted by atomic mass is 14.8. The first-order chi connectivity index (χ1) is 5.36. The van der Waals surface area contributed by atoms with Gasteiger partial charge in [-0.1, -0.05) is 12.2 Å². The molecule has 2 heteroatoms. The zero-order chi connectivity index (χ0) is 7.68. The van der Waals surface area contributed by atoms with E-state index in [1.165, 1.54) is 11.1 Å². The zero-order valence-electron chi connectivity index (χ0n) is 6.38. The Labute approximate surface area is 66.0 Å². The summed E-state index contributed by atoms with van der Waals surface area (Å²) in [5.74, 6) is 0. The summed E-state index contributed by atoms with van der Waals surface area (Å²) in [6.45, 7) is 3.95. The number of fused-ring (bicyclic) bond motifs is 1. The quantitative estimate of drug-likeness (QED) is 0.518. The molecule has 1 aromatic rings. The molecule has 0 aliphatic heterocycles. The number of aryl methyl sites for hydroxylation is 1. The van der Waals surface area contributed by atoms with Crippen LogP contribution in [0.15, 0.2) is 24.7 Å². The van der Waals surface area contributed by atoms with Crippen LogP contribution in [0.5, 0.6) is 0 Å². The van der Waals surface area contributed by atoms with Crippen molar-refractivity contribution in [3.05, 3.63) is 35.9 Å². The van der Waals surface area contributed by atoms with Crippen molar-refractivity contribution >= 4 is 0 Å². The summed E-state index contributed by atoms with van der Waals surface area (Å²) in [5.41, 5.74) is 3.74. The van der Waals surface area contributed by atoms with Crippen molar-refractivity contribution in [2.24, 2.45) is 0 Å². The van der Waals surface area contributed by atoms with Crippen LogP contribution in [0.3, 0.4) is 0 Å². The Hall–Kier alpha value is -1.18. The number of allylic oxidation sites excluding steroid dienone is 1. The number of aromatic nitrogens is 2. The Morgan fingerprint density at radius 3 is 3.18 bits per heavy atom. The minimum atomic E-state index is 0.942. The molecular weight excluding hydrogens is 136 g/mol. The minimum Gasteiger partial charge on any atom is -0.245 e. The SMILES string of the molecule is C=C1CCc2cncnc2C1. The molecule has 0 aromatic carbocycles. The Balaban J connectivity index is 2.41. The van der Waals surface area contributed by atoms with E-state index in [4.69, 9.17) is 0 Å². The molecule has 0 saturated carbocycles. The fourth-order valence-corrected chi connectivity index (χ4v) is 1.39. The molecule has 0 saturated heterocycles. The second kappa shape index (κ2) is 2.46. The minimum absolute atomic E-state index is 0.942. The summed E-state index contributed by atoms with van der Waals surface area (Å²) in [7, 11) is 0. The molecule has 2 rings (SSSR count). The van der Waals surface area contributed by atoms with Gasteiger partial charge in [-0.05, 0) is 18.4 Å². The average Bonchev–Trinajstić information content (AvgIpc) is 2.04. The van der Waals surface area contributed by atoms with E-state index in [0.717, 1.165) is 25.0 Å². The molecular formula is C9H10N2. The van der Waals surface area contributed by atoms with Crippen molar-refractivity contribution in [1.29, 1.82) is 0 Å². The van der Waals surface area contributed by atoms with Gasteiger partial charge >= 0.3 is 0 Å². The number of hydrogen-bond donors (Lipinski definition) is 0. The van der Waals surface area contributed by atoms with Crippen molar-refractivity contribution in [3.63, 3.8) is 0 Å². The third kappa shape index (κ3) is 1.16. The Morgan fingerprint density at radius 1 is 1.36 bits per heavy atom. The number of hydrogen-bond acceptors (Lipinski definition) is 2. The van der Waals surface area contributed by atoms with Crippen LogP contribution in [0.1, 0.15) is 17.7 Å². The van der Waals surface area contributed by atoms with Crippen molar-refractivity contribution in [2.75, 3.05) is 0 Å². The van der Waals surface area contributed by atoms with Gasteiger partial charge in [-0.15, -0.1) is 0 Å². The molecule has 0 fully saturated rings. The van der Waals surface area contributed by atoms with Gasteiger partial charge in [0.05, 0.1) is 5.69 Å². The van der Waals surface area contributed by atoms with Gasteiger partial charge in [-0.25, -0.2) is 9.97 Å². The predicted molar refractivity (Wildman–Crippen MR) is 43.2 cm³/mol. The van der Waals surface area contributed by atoms with Crippen LogP contribution < -0.4 is 0 Å². The molecule has 1 aromatic heterocycles. The molecule has 0 N–H and O–H groups in total. The molecule has 1 heterocycles. The first-order valence-corrected chi connectivity index (χ1v) is 3.80. The average molecular weight is 146 g/mol. The normalized spacial score (nSPS) is 16.2. The van der Waals surface area contributed by atoms with Crippen LogP contribution >= 0.6 is 0 Å². The third-order valence-electron chi connectivity index (χ3n) is 2.05. The van der Waals surface area contributed by atoms with Crippen molar-refractivity contribution in [1.82, 2.24) is 9.97 Å². The highest BCUT2D eigenvalue weighted by Gasteiger charge is 2.11. The maximum absolute atomic E-state index is 4.20. The zero-order valence-corrected chi connectivity index (χ0v) is 6.38. The van der Waals surface area contributed by atoms with Gasteiger partial charge in [0.2, 0.25) is 0 Å². The third-order valence-corrected chi connectivity index (χ3v) is 2.05. The lowest BCUT2D eigenvalue weighted by molar-refractivity contribution is 0.798. The van der Waals surface area contributed by atoms with Gasteiger partial charge in [0.1, 0.15) is 6.33 Å². The summed E-state index contributed by atoms with van der Waals surface area (Å²) in [6, 6.07) is 0. The van der Waals surface area contributed by atoms with Crippen molar-refractivity contribution < 1.29 is 0 Å². The molecule has 0 radical (unpaired) electrons. The predicted octanol–water partition coefficient (Wildman–Crippen LogP) is 1.52. The maximum Gasteiger partial charge on any atom is 0.115 e. The first-order valence-electron chi connectivity index (χ1n) is 3.80. The lowest BCUT2D eigenvalue weighted by Gasteiger charge is -2.14. The van der Waals surface area contributed by atoms with E-state index in [2.05, 4.69) is 16.5 Å². The fourth-order valence-electron chi connectivity index (χ4n) is 1.39. The summed E-state index contributed by atoms with van der Waals surface area (Å²) < 4.78 is 0. The molecule has 2 nitrogen and oxygen atoms in total. The smallest absolute Gasteiger partial charge is 0.115 e. The maximum atomic E-state index is 4.20. The second-order valence-electron chi connectivity index (χ2n) is 2.92. The molecule has 0 amide bonds. The van der Waals surface area contributed by atoms with E-state index in [1.54, 1.807) is 6.33 Å². The first kappa shape index (κ1) is 6.53. The van der Waals surface area contributed by atoms with E-state index in [0.29, 0.717) is 0 Å². The standard InChI is InChI=1S/C9H10N2/c1-7-2-3-8-5-10-6-11-9(8)4-7/h5-6H,1-4H2.